The van der Waals surface area contributed by atoms with Gasteiger partial charge in [0.05, 0.1) is 5.69 Å². The van der Waals surface area contributed by atoms with Crippen molar-refractivity contribution in [2.45, 2.75) is 44.6 Å². The summed E-state index contributed by atoms with van der Waals surface area (Å²) in [7, 11) is 0. The van der Waals surface area contributed by atoms with E-state index in [-0.39, 0.29) is 11.5 Å². The van der Waals surface area contributed by atoms with E-state index in [1.165, 1.54) is 10.7 Å². The average molecular weight is 305 g/mol. The zero-order valence-electron chi connectivity index (χ0n) is 13.0. The zero-order valence-corrected chi connectivity index (χ0v) is 13.0. The first-order valence-electron chi connectivity index (χ1n) is 8.10. The number of nitrogens with zero attached hydrogens (tertiary/aromatic N) is 2. The Morgan fingerprint density at radius 1 is 1.36 bits per heavy atom. The number of rotatable bonds is 5. The topological polar surface area (TPSA) is 73.2 Å². The standard InChI is InChI=1S/C16H23N3O3/c1-11(16(21)17-10-12-6-8-22-9-7-12)19-15(20)5-4-14(18-19)13-2-3-13/h4-5,11-13H,2-3,6-10H2,1H3,(H,17,21). The summed E-state index contributed by atoms with van der Waals surface area (Å²) in [6.07, 6.45) is 4.19. The lowest BCUT2D eigenvalue weighted by molar-refractivity contribution is -0.124. The van der Waals surface area contributed by atoms with Crippen molar-refractivity contribution in [3.63, 3.8) is 0 Å². The van der Waals surface area contributed by atoms with E-state index in [9.17, 15) is 9.59 Å². The molecule has 1 amide bonds. The monoisotopic (exact) mass is 305 g/mol. The molecular formula is C16H23N3O3. The molecule has 1 aliphatic carbocycles. The average Bonchev–Trinajstić information content (AvgIpc) is 3.38. The van der Waals surface area contributed by atoms with Gasteiger partial charge in [0.2, 0.25) is 5.91 Å². The quantitative estimate of drug-likeness (QED) is 0.888. The lowest BCUT2D eigenvalue weighted by atomic mass is 10.0. The summed E-state index contributed by atoms with van der Waals surface area (Å²) in [6.45, 7) is 3.90. The molecule has 1 aromatic heterocycles. The minimum atomic E-state index is -0.578. The van der Waals surface area contributed by atoms with Crippen LogP contribution in [-0.2, 0) is 9.53 Å². The second kappa shape index (κ2) is 6.60. The fourth-order valence-electron chi connectivity index (χ4n) is 2.77. The van der Waals surface area contributed by atoms with Crippen LogP contribution < -0.4 is 10.9 Å². The largest absolute Gasteiger partial charge is 0.381 e. The van der Waals surface area contributed by atoms with Crippen molar-refractivity contribution < 1.29 is 9.53 Å². The van der Waals surface area contributed by atoms with Crippen LogP contribution in [0.25, 0.3) is 0 Å². The Labute approximate surface area is 129 Å². The van der Waals surface area contributed by atoms with Crippen molar-refractivity contribution in [1.29, 1.82) is 0 Å². The van der Waals surface area contributed by atoms with Crippen LogP contribution in [0, 0.1) is 5.92 Å². The minimum absolute atomic E-state index is 0.144. The van der Waals surface area contributed by atoms with Gasteiger partial charge in [0.25, 0.3) is 5.56 Å². The molecule has 2 aliphatic rings. The first-order chi connectivity index (χ1) is 10.6. The summed E-state index contributed by atoms with van der Waals surface area (Å²) < 4.78 is 6.62. The number of aromatic nitrogens is 2. The van der Waals surface area contributed by atoms with Gasteiger partial charge in [-0.3, -0.25) is 9.59 Å². The Balaban J connectivity index is 1.62. The first-order valence-corrected chi connectivity index (χ1v) is 8.10. The van der Waals surface area contributed by atoms with Crippen molar-refractivity contribution in [3.8, 4) is 0 Å². The first kappa shape index (κ1) is 15.2. The number of carbonyl (C=O) groups excluding carboxylic acids is 1. The third kappa shape index (κ3) is 3.55. The highest BCUT2D eigenvalue weighted by atomic mass is 16.5. The van der Waals surface area contributed by atoms with Gasteiger partial charge in [0, 0.05) is 31.7 Å². The molecule has 2 heterocycles. The van der Waals surface area contributed by atoms with Crippen LogP contribution >= 0.6 is 0 Å². The maximum Gasteiger partial charge on any atom is 0.267 e. The number of nitrogens with one attached hydrogen (secondary N) is 1. The maximum absolute atomic E-state index is 12.3. The second-order valence-electron chi connectivity index (χ2n) is 6.29. The number of hydrogen-bond acceptors (Lipinski definition) is 4. The molecule has 1 saturated heterocycles. The molecular weight excluding hydrogens is 282 g/mol. The predicted octanol–water partition coefficient (Wildman–Crippen LogP) is 1.22. The number of amides is 1. The van der Waals surface area contributed by atoms with E-state index in [2.05, 4.69) is 10.4 Å². The highest BCUT2D eigenvalue weighted by Crippen LogP contribution is 2.38. The smallest absolute Gasteiger partial charge is 0.267 e. The summed E-state index contributed by atoms with van der Waals surface area (Å²) >= 11 is 0. The van der Waals surface area contributed by atoms with Gasteiger partial charge in [0.15, 0.2) is 0 Å². The Bertz CT molecular complexity index is 589. The molecule has 1 aromatic rings. The predicted molar refractivity (Wildman–Crippen MR) is 81.7 cm³/mol. The van der Waals surface area contributed by atoms with Crippen LogP contribution in [0.4, 0.5) is 0 Å². The third-order valence-electron chi connectivity index (χ3n) is 4.49. The SMILES string of the molecule is CC(C(=O)NCC1CCOCC1)n1nc(C2CC2)ccc1=O. The number of hydrogen-bond donors (Lipinski definition) is 1. The van der Waals surface area contributed by atoms with Gasteiger partial charge < -0.3 is 10.1 Å². The Kier molecular flexibility index (Phi) is 4.57. The van der Waals surface area contributed by atoms with Crippen molar-refractivity contribution in [2.24, 2.45) is 5.92 Å². The van der Waals surface area contributed by atoms with Crippen molar-refractivity contribution in [2.75, 3.05) is 19.8 Å². The summed E-state index contributed by atoms with van der Waals surface area (Å²) in [5.74, 6) is 0.783. The zero-order chi connectivity index (χ0) is 15.5. The molecule has 0 radical (unpaired) electrons. The molecule has 1 saturated carbocycles. The molecule has 3 rings (SSSR count). The summed E-state index contributed by atoms with van der Waals surface area (Å²) in [5, 5.41) is 7.32. The summed E-state index contributed by atoms with van der Waals surface area (Å²) in [5.41, 5.74) is 0.696. The molecule has 2 fully saturated rings. The molecule has 1 unspecified atom stereocenters. The molecule has 0 bridgehead atoms. The molecule has 0 aromatic carbocycles. The second-order valence-corrected chi connectivity index (χ2v) is 6.29. The van der Waals surface area contributed by atoms with Crippen LogP contribution in [0.2, 0.25) is 0 Å². The number of ether oxygens (including phenoxy) is 1. The minimum Gasteiger partial charge on any atom is -0.381 e. The van der Waals surface area contributed by atoms with Crippen LogP contribution in [0.3, 0.4) is 0 Å². The molecule has 120 valence electrons. The van der Waals surface area contributed by atoms with E-state index < -0.39 is 6.04 Å². The van der Waals surface area contributed by atoms with Gasteiger partial charge in [-0.15, -0.1) is 0 Å². The normalized spacial score (nSPS) is 20.6. The Hall–Kier alpha value is -1.69. The van der Waals surface area contributed by atoms with E-state index in [1.807, 2.05) is 0 Å². The van der Waals surface area contributed by atoms with Gasteiger partial charge in [-0.2, -0.15) is 5.10 Å². The summed E-state index contributed by atoms with van der Waals surface area (Å²) in [4.78, 5) is 24.3. The van der Waals surface area contributed by atoms with Crippen LogP contribution in [0.1, 0.15) is 50.3 Å². The molecule has 1 aliphatic heterocycles. The van der Waals surface area contributed by atoms with Crippen molar-refractivity contribution in [3.05, 3.63) is 28.2 Å². The Morgan fingerprint density at radius 2 is 2.09 bits per heavy atom. The molecule has 1 N–H and O–H groups in total. The van der Waals surface area contributed by atoms with Crippen LogP contribution in [0.5, 0.6) is 0 Å². The van der Waals surface area contributed by atoms with Gasteiger partial charge in [0.1, 0.15) is 6.04 Å². The molecule has 6 heteroatoms. The molecule has 6 nitrogen and oxygen atoms in total. The fourth-order valence-corrected chi connectivity index (χ4v) is 2.77. The van der Waals surface area contributed by atoms with Gasteiger partial charge >= 0.3 is 0 Å². The number of carbonyl (C=O) groups is 1. The van der Waals surface area contributed by atoms with Gasteiger partial charge in [-0.1, -0.05) is 0 Å². The fraction of sp³-hybridized carbons (Fsp3) is 0.688. The molecule has 0 spiro atoms. The Morgan fingerprint density at radius 3 is 2.77 bits per heavy atom. The van der Waals surface area contributed by atoms with Crippen molar-refractivity contribution in [1.82, 2.24) is 15.1 Å². The van der Waals surface area contributed by atoms with Crippen LogP contribution in [0.15, 0.2) is 16.9 Å². The maximum atomic E-state index is 12.3. The lowest BCUT2D eigenvalue weighted by Crippen LogP contribution is -2.39. The summed E-state index contributed by atoms with van der Waals surface area (Å²) in [6, 6.07) is 2.72. The van der Waals surface area contributed by atoms with Crippen LogP contribution in [-0.4, -0.2) is 35.4 Å². The van der Waals surface area contributed by atoms with E-state index in [0.29, 0.717) is 18.4 Å². The highest BCUT2D eigenvalue weighted by Gasteiger charge is 2.27. The van der Waals surface area contributed by atoms with Crippen molar-refractivity contribution >= 4 is 5.91 Å². The highest BCUT2D eigenvalue weighted by molar-refractivity contribution is 5.79. The van der Waals surface area contributed by atoms with E-state index in [1.54, 1.807) is 13.0 Å². The third-order valence-corrected chi connectivity index (χ3v) is 4.49. The van der Waals surface area contributed by atoms with E-state index in [4.69, 9.17) is 4.74 Å². The van der Waals surface area contributed by atoms with E-state index in [0.717, 1.165) is 44.6 Å². The van der Waals surface area contributed by atoms with E-state index >= 15 is 0 Å². The van der Waals surface area contributed by atoms with Gasteiger partial charge in [-0.25, -0.2) is 4.68 Å². The molecule has 22 heavy (non-hydrogen) atoms. The van der Waals surface area contributed by atoms with Gasteiger partial charge in [-0.05, 0) is 44.6 Å². The lowest BCUT2D eigenvalue weighted by Gasteiger charge is -2.23. The molecule has 1 atom stereocenters.